The molecular formula is C16H16F3N. The van der Waals surface area contributed by atoms with E-state index in [4.69, 9.17) is 5.73 Å². The Hall–Kier alpha value is -1.81. The van der Waals surface area contributed by atoms with Crippen LogP contribution in [0.5, 0.6) is 0 Å². The molecule has 4 heteroatoms. The second-order valence-electron chi connectivity index (χ2n) is 4.96. The van der Waals surface area contributed by atoms with Gasteiger partial charge in [0.15, 0.2) is 0 Å². The summed E-state index contributed by atoms with van der Waals surface area (Å²) in [6.07, 6.45) is -4.35. The zero-order valence-corrected chi connectivity index (χ0v) is 11.3. The van der Waals surface area contributed by atoms with E-state index in [1.54, 1.807) is 6.07 Å². The van der Waals surface area contributed by atoms with Gasteiger partial charge in [-0.1, -0.05) is 35.9 Å². The molecule has 1 nitrogen and oxygen atoms in total. The number of alkyl halides is 3. The van der Waals surface area contributed by atoms with Crippen LogP contribution < -0.4 is 5.73 Å². The zero-order valence-electron chi connectivity index (χ0n) is 11.3. The van der Waals surface area contributed by atoms with E-state index in [0.29, 0.717) is 5.56 Å². The summed E-state index contributed by atoms with van der Waals surface area (Å²) in [5.74, 6) is 0. The molecule has 0 aromatic heterocycles. The Morgan fingerprint density at radius 2 is 1.70 bits per heavy atom. The van der Waals surface area contributed by atoms with Crippen LogP contribution in [0.4, 0.5) is 13.2 Å². The Bertz CT molecular complexity index is 617. The van der Waals surface area contributed by atoms with Crippen molar-refractivity contribution in [2.45, 2.75) is 26.1 Å². The first-order chi connectivity index (χ1) is 9.29. The minimum atomic E-state index is -4.35. The average molecular weight is 279 g/mol. The quantitative estimate of drug-likeness (QED) is 0.868. The molecule has 20 heavy (non-hydrogen) atoms. The summed E-state index contributed by atoms with van der Waals surface area (Å²) < 4.78 is 38.2. The molecule has 0 saturated heterocycles. The number of hydrogen-bond donors (Lipinski definition) is 1. The molecule has 2 N–H and O–H groups in total. The van der Waals surface area contributed by atoms with Crippen molar-refractivity contribution >= 4 is 0 Å². The van der Waals surface area contributed by atoms with E-state index >= 15 is 0 Å². The number of aryl methyl sites for hydroxylation is 2. The molecule has 0 heterocycles. The van der Waals surface area contributed by atoms with Crippen LogP contribution in [0.25, 0.3) is 0 Å². The minimum absolute atomic E-state index is 0.466. The third kappa shape index (κ3) is 3.02. The molecule has 0 radical (unpaired) electrons. The van der Waals surface area contributed by atoms with Crippen LogP contribution in [0.3, 0.4) is 0 Å². The molecule has 0 amide bonds. The summed E-state index contributed by atoms with van der Waals surface area (Å²) in [6, 6.07) is 10.4. The van der Waals surface area contributed by atoms with Gasteiger partial charge in [-0.05, 0) is 42.7 Å². The Morgan fingerprint density at radius 3 is 2.35 bits per heavy atom. The van der Waals surface area contributed by atoms with Gasteiger partial charge in [0.05, 0.1) is 11.6 Å². The van der Waals surface area contributed by atoms with Crippen LogP contribution in [0.15, 0.2) is 42.5 Å². The second-order valence-corrected chi connectivity index (χ2v) is 4.96. The topological polar surface area (TPSA) is 26.0 Å². The first-order valence-electron chi connectivity index (χ1n) is 6.29. The van der Waals surface area contributed by atoms with E-state index in [9.17, 15) is 13.2 Å². The summed E-state index contributed by atoms with van der Waals surface area (Å²) in [7, 11) is 0. The third-order valence-electron chi connectivity index (χ3n) is 3.34. The monoisotopic (exact) mass is 279 g/mol. The standard InChI is InChI=1S/C16H16F3N/c1-10-6-7-11(2)14(8-10)15(20)12-4-3-5-13(9-12)16(17,18)19/h3-9,15H,20H2,1-2H3. The second kappa shape index (κ2) is 5.29. The molecule has 0 aliphatic rings. The maximum Gasteiger partial charge on any atom is 0.416 e. The summed E-state index contributed by atoms with van der Waals surface area (Å²) in [4.78, 5) is 0. The fourth-order valence-corrected chi connectivity index (χ4v) is 2.18. The van der Waals surface area contributed by atoms with E-state index in [0.717, 1.165) is 28.8 Å². The van der Waals surface area contributed by atoms with Crippen molar-refractivity contribution in [2.24, 2.45) is 5.73 Å². The highest BCUT2D eigenvalue weighted by molar-refractivity contribution is 5.40. The zero-order chi connectivity index (χ0) is 14.9. The van der Waals surface area contributed by atoms with Crippen LogP contribution in [0, 0.1) is 13.8 Å². The molecule has 0 aliphatic heterocycles. The molecular weight excluding hydrogens is 263 g/mol. The van der Waals surface area contributed by atoms with Crippen molar-refractivity contribution < 1.29 is 13.2 Å². The van der Waals surface area contributed by atoms with E-state index in [1.165, 1.54) is 6.07 Å². The van der Waals surface area contributed by atoms with E-state index < -0.39 is 17.8 Å². The SMILES string of the molecule is Cc1ccc(C)c(C(N)c2cccc(C(F)(F)F)c2)c1. The molecule has 0 saturated carbocycles. The smallest absolute Gasteiger partial charge is 0.320 e. The summed E-state index contributed by atoms with van der Waals surface area (Å²) >= 11 is 0. The molecule has 2 rings (SSSR count). The van der Waals surface area contributed by atoms with E-state index in [1.807, 2.05) is 32.0 Å². The number of halogens is 3. The van der Waals surface area contributed by atoms with Gasteiger partial charge in [0, 0.05) is 0 Å². The number of nitrogens with two attached hydrogens (primary N) is 1. The molecule has 106 valence electrons. The van der Waals surface area contributed by atoms with Gasteiger partial charge in [-0.25, -0.2) is 0 Å². The molecule has 1 unspecified atom stereocenters. The van der Waals surface area contributed by atoms with Gasteiger partial charge in [0.2, 0.25) is 0 Å². The Balaban J connectivity index is 2.43. The summed E-state index contributed by atoms with van der Waals surface area (Å²) in [5, 5.41) is 0. The van der Waals surface area contributed by atoms with Crippen molar-refractivity contribution in [1.82, 2.24) is 0 Å². The van der Waals surface area contributed by atoms with Gasteiger partial charge in [-0.3, -0.25) is 0 Å². The lowest BCUT2D eigenvalue weighted by molar-refractivity contribution is -0.137. The van der Waals surface area contributed by atoms with Gasteiger partial charge >= 0.3 is 6.18 Å². The van der Waals surface area contributed by atoms with Gasteiger partial charge in [0.1, 0.15) is 0 Å². The first kappa shape index (κ1) is 14.6. The maximum absolute atomic E-state index is 12.7. The molecule has 2 aromatic rings. The van der Waals surface area contributed by atoms with Crippen molar-refractivity contribution in [3.63, 3.8) is 0 Å². The molecule has 1 atom stereocenters. The number of benzene rings is 2. The van der Waals surface area contributed by atoms with Crippen molar-refractivity contribution in [3.05, 3.63) is 70.3 Å². The Morgan fingerprint density at radius 1 is 1.00 bits per heavy atom. The number of hydrogen-bond acceptors (Lipinski definition) is 1. The lowest BCUT2D eigenvalue weighted by Gasteiger charge is -2.17. The van der Waals surface area contributed by atoms with Crippen molar-refractivity contribution in [2.75, 3.05) is 0 Å². The lowest BCUT2D eigenvalue weighted by atomic mass is 9.93. The number of rotatable bonds is 2. The molecule has 0 fully saturated rings. The van der Waals surface area contributed by atoms with Gasteiger partial charge in [-0.2, -0.15) is 13.2 Å². The Labute approximate surface area is 116 Å². The van der Waals surface area contributed by atoms with E-state index in [-0.39, 0.29) is 0 Å². The first-order valence-corrected chi connectivity index (χ1v) is 6.29. The fourth-order valence-electron chi connectivity index (χ4n) is 2.18. The van der Waals surface area contributed by atoms with Gasteiger partial charge in [0.25, 0.3) is 0 Å². The largest absolute Gasteiger partial charge is 0.416 e. The normalized spacial score (nSPS) is 13.3. The van der Waals surface area contributed by atoms with Crippen LogP contribution in [-0.4, -0.2) is 0 Å². The van der Waals surface area contributed by atoms with Crippen LogP contribution >= 0.6 is 0 Å². The fraction of sp³-hybridized carbons (Fsp3) is 0.250. The van der Waals surface area contributed by atoms with Crippen LogP contribution in [-0.2, 0) is 6.18 Å². The molecule has 2 aromatic carbocycles. The van der Waals surface area contributed by atoms with Gasteiger partial charge in [-0.15, -0.1) is 0 Å². The van der Waals surface area contributed by atoms with Crippen LogP contribution in [0.1, 0.15) is 33.9 Å². The molecule has 0 spiro atoms. The maximum atomic E-state index is 12.7. The predicted molar refractivity (Wildman–Crippen MR) is 73.4 cm³/mol. The highest BCUT2D eigenvalue weighted by atomic mass is 19.4. The Kier molecular flexibility index (Phi) is 3.86. The summed E-state index contributed by atoms with van der Waals surface area (Å²) in [5.41, 5.74) is 8.79. The van der Waals surface area contributed by atoms with Crippen molar-refractivity contribution in [1.29, 1.82) is 0 Å². The van der Waals surface area contributed by atoms with Gasteiger partial charge < -0.3 is 5.73 Å². The third-order valence-corrected chi connectivity index (χ3v) is 3.34. The highest BCUT2D eigenvalue weighted by Gasteiger charge is 2.30. The lowest BCUT2D eigenvalue weighted by Crippen LogP contribution is -2.15. The molecule has 0 aliphatic carbocycles. The van der Waals surface area contributed by atoms with Crippen LogP contribution in [0.2, 0.25) is 0 Å². The average Bonchev–Trinajstić information content (AvgIpc) is 2.40. The predicted octanol–water partition coefficient (Wildman–Crippen LogP) is 4.37. The molecule has 0 bridgehead atoms. The minimum Gasteiger partial charge on any atom is -0.320 e. The van der Waals surface area contributed by atoms with E-state index in [2.05, 4.69) is 0 Å². The van der Waals surface area contributed by atoms with Crippen molar-refractivity contribution in [3.8, 4) is 0 Å². The highest BCUT2D eigenvalue weighted by Crippen LogP contribution is 2.32. The summed E-state index contributed by atoms with van der Waals surface area (Å²) in [6.45, 7) is 3.84.